The van der Waals surface area contributed by atoms with Gasteiger partial charge in [0, 0.05) is 31.4 Å². The Kier molecular flexibility index (Phi) is 17.7. The third-order valence-electron chi connectivity index (χ3n) is 16.6. The predicted octanol–water partition coefficient (Wildman–Crippen LogP) is 9.94. The van der Waals surface area contributed by atoms with Crippen LogP contribution < -0.4 is 59.2 Å². The van der Waals surface area contributed by atoms with Gasteiger partial charge in [0.05, 0.1) is 33.8 Å². The van der Waals surface area contributed by atoms with Crippen molar-refractivity contribution in [2.24, 2.45) is 9.98 Å². The summed E-state index contributed by atoms with van der Waals surface area (Å²) < 4.78 is 1.96. The average molecular weight is 1160 g/mol. The van der Waals surface area contributed by atoms with Gasteiger partial charge in [-0.05, 0) is 173 Å². The number of anilines is 5. The van der Waals surface area contributed by atoms with Crippen molar-refractivity contribution < 1.29 is 0 Å². The van der Waals surface area contributed by atoms with Gasteiger partial charge in [0.25, 0.3) is 16.7 Å². The Bertz CT molecular complexity index is 4620. The summed E-state index contributed by atoms with van der Waals surface area (Å²) in [7, 11) is 0. The van der Waals surface area contributed by atoms with Gasteiger partial charge in [-0.2, -0.15) is 4.98 Å². The molecule has 1 aliphatic carbocycles. The quantitative estimate of drug-likeness (QED) is 0.0560. The number of fused-ring (bicyclic) bond motifs is 6. The first-order chi connectivity index (χ1) is 42.1. The van der Waals surface area contributed by atoms with Crippen LogP contribution in [0.5, 0.6) is 0 Å². The van der Waals surface area contributed by atoms with Gasteiger partial charge in [0.2, 0.25) is 0 Å². The highest BCUT2D eigenvalue weighted by Gasteiger charge is 2.27. The van der Waals surface area contributed by atoms with Crippen molar-refractivity contribution >= 4 is 64.3 Å². The molecular formula is C70H73N13O4. The monoisotopic (exact) mass is 1160 g/mol. The van der Waals surface area contributed by atoms with Gasteiger partial charge in [-0.1, -0.05) is 117 Å². The highest BCUT2D eigenvalue weighted by molar-refractivity contribution is 5.82. The van der Waals surface area contributed by atoms with Gasteiger partial charge in [0.15, 0.2) is 33.9 Å². The zero-order chi connectivity index (χ0) is 60.7. The van der Waals surface area contributed by atoms with E-state index in [9.17, 15) is 19.2 Å². The molecule has 2 aromatic heterocycles. The van der Waals surface area contributed by atoms with Crippen LogP contribution >= 0.6 is 0 Å². The number of aromatic nitrogens is 8. The maximum Gasteiger partial charge on any atom is 0.349 e. The van der Waals surface area contributed by atoms with E-state index < -0.39 is 11.2 Å². The zero-order valence-corrected chi connectivity index (χ0v) is 50.2. The lowest BCUT2D eigenvalue weighted by Gasteiger charge is -2.29. The van der Waals surface area contributed by atoms with Crippen LogP contribution in [0.2, 0.25) is 0 Å². The second kappa shape index (κ2) is 26.2. The fraction of sp³-hybridized carbons (Fsp3) is 0.286. The molecule has 1 saturated carbocycles. The first-order valence-electron chi connectivity index (χ1n) is 30.1. The van der Waals surface area contributed by atoms with Gasteiger partial charge in [-0.15, -0.1) is 0 Å². The number of benzene rings is 6. The Balaban J connectivity index is 0.000000136. The maximum atomic E-state index is 12.6. The first-order valence-corrected chi connectivity index (χ1v) is 30.1. The van der Waals surface area contributed by atoms with Crippen LogP contribution in [0.3, 0.4) is 0 Å². The summed E-state index contributed by atoms with van der Waals surface area (Å²) in [6.45, 7) is 20.1. The number of hydrogen-bond acceptors (Lipinski definition) is 13. The molecule has 17 nitrogen and oxygen atoms in total. The molecular weight excluding hydrogens is 1090 g/mol. The van der Waals surface area contributed by atoms with Crippen LogP contribution in [-0.4, -0.2) is 58.6 Å². The molecule has 0 spiro atoms. The van der Waals surface area contributed by atoms with E-state index in [-0.39, 0.29) is 16.8 Å². The van der Waals surface area contributed by atoms with Crippen molar-refractivity contribution in [3.8, 4) is 11.5 Å². The van der Waals surface area contributed by atoms with E-state index in [1.54, 1.807) is 0 Å². The Morgan fingerprint density at radius 2 is 0.989 bits per heavy atom. The fourth-order valence-corrected chi connectivity index (χ4v) is 11.7. The van der Waals surface area contributed by atoms with Crippen molar-refractivity contribution in [1.29, 1.82) is 0 Å². The van der Waals surface area contributed by atoms with Crippen molar-refractivity contribution in [3.63, 3.8) is 0 Å². The third-order valence-corrected chi connectivity index (χ3v) is 16.6. The summed E-state index contributed by atoms with van der Waals surface area (Å²) in [5.41, 5.74) is 15.3. The molecule has 4 N–H and O–H groups in total. The summed E-state index contributed by atoms with van der Waals surface area (Å²) in [6, 6.07) is 44.3. The van der Waals surface area contributed by atoms with Crippen molar-refractivity contribution in [2.45, 2.75) is 118 Å². The topological polar surface area (TPSA) is 215 Å². The van der Waals surface area contributed by atoms with Crippen molar-refractivity contribution in [1.82, 2.24) is 39.5 Å². The minimum atomic E-state index is -0.638. The highest BCUT2D eigenvalue weighted by atomic mass is 16.2. The smallest absolute Gasteiger partial charge is 0.349 e. The number of unbranched alkanes of at least 4 members (excludes halogenated alkanes) is 1. The van der Waals surface area contributed by atoms with E-state index in [0.717, 1.165) is 120 Å². The average Bonchev–Trinajstić information content (AvgIpc) is 1.14. The number of nitrogens with zero attached hydrogens (tertiary/aromatic N) is 9. The van der Waals surface area contributed by atoms with Crippen molar-refractivity contribution in [2.75, 3.05) is 28.2 Å². The van der Waals surface area contributed by atoms with Gasteiger partial charge < -0.3 is 29.7 Å². The molecule has 0 atom stereocenters. The number of aryl methyl sites for hydroxylation is 9. The van der Waals surface area contributed by atoms with Crippen LogP contribution in [0.4, 0.5) is 40.1 Å². The molecule has 5 aliphatic rings. The molecule has 4 aliphatic heterocycles. The van der Waals surface area contributed by atoms with Crippen LogP contribution in [0.1, 0.15) is 95.9 Å². The standard InChI is InChI=1S/C26H29N5O.C22H22N4O2.C22H22N4O/c1-17-15-22-23(16-21(17)29-20-12-6-7-13-20)31(14-8-11-19-9-4-3-5-10-19)25-24(30-22)26(32)28-18(2)27-25;1-14-12-17-18(13-15(14)2)26(11-7-6-10-16-8-4-3-5-9-16)20-19(23-17)21(27)25-22(28)24-20;1-14-12-18-19(13-15(14)2)26(11-7-10-17-8-5-4-6-9-17)21-20(25-18)22(27)24-16(3)23-21/h3-5,9-10,15-16,20,29H,2,6-8,11-14H2,1H3,(H,28,32);3-5,8-9,12-13H,6-7,10-11H2,1-2H3,(H,25,27,28);4-6,8-9,12-13H,3,7,10-11H2,1-2H3,(H,24,27). The number of H-pyrrole nitrogens is 3. The molecule has 0 radical (unpaired) electrons. The van der Waals surface area contributed by atoms with E-state index >= 15 is 0 Å². The SMILES string of the molecule is C=c1nc2c(c(=O)[nH]1)=Nc1cc(C)c(C)cc1N2CCCc1ccccc1.C=c1nc2c(c(=O)[nH]1)=Nc1cc(C)c(NC3CCCC3)cc1N2CCCc1ccccc1.Cc1cc2nc3c(=O)[nH]c(=O)nc-3n(CCCCc3ccccc3)c2cc1C. The first kappa shape index (κ1) is 58.9. The molecule has 6 aromatic carbocycles. The number of rotatable bonds is 15. The van der Waals surface area contributed by atoms with Crippen LogP contribution in [-0.2, 0) is 25.8 Å². The van der Waals surface area contributed by atoms with E-state index in [4.69, 9.17) is 4.99 Å². The van der Waals surface area contributed by atoms with Gasteiger partial charge >= 0.3 is 5.69 Å². The van der Waals surface area contributed by atoms with Crippen LogP contribution in [0, 0.1) is 34.6 Å². The minimum absolute atomic E-state index is 0.207. The highest BCUT2D eigenvalue weighted by Crippen LogP contribution is 2.40. The molecule has 0 saturated heterocycles. The normalized spacial score (nSPS) is 13.1. The predicted molar refractivity (Wildman–Crippen MR) is 348 cm³/mol. The summed E-state index contributed by atoms with van der Waals surface area (Å²) in [5.74, 6) is 1.53. The zero-order valence-electron chi connectivity index (χ0n) is 50.2. The lowest BCUT2D eigenvalue weighted by atomic mass is 10.0. The summed E-state index contributed by atoms with van der Waals surface area (Å²) in [5, 5.41) is 4.46. The maximum absolute atomic E-state index is 12.6. The van der Waals surface area contributed by atoms with Crippen LogP contribution in [0.25, 0.3) is 35.7 Å². The fourth-order valence-electron chi connectivity index (χ4n) is 11.7. The van der Waals surface area contributed by atoms with Gasteiger partial charge in [-0.3, -0.25) is 19.4 Å². The lowest BCUT2D eigenvalue weighted by Crippen LogP contribution is -2.42. The van der Waals surface area contributed by atoms with E-state index in [2.05, 4.69) is 174 Å². The van der Waals surface area contributed by atoms with E-state index in [0.29, 0.717) is 51.7 Å². The Labute approximate surface area is 504 Å². The molecule has 0 unspecified atom stereocenters. The molecule has 442 valence electrons. The molecule has 1 fully saturated rings. The number of hydrogen-bond donors (Lipinski definition) is 4. The summed E-state index contributed by atoms with van der Waals surface area (Å²) in [4.78, 5) is 87.9. The molecule has 0 bridgehead atoms. The third kappa shape index (κ3) is 13.5. The number of nitrogens with one attached hydrogen (secondary N) is 4. The van der Waals surface area contributed by atoms with Gasteiger partial charge in [0.1, 0.15) is 11.0 Å². The minimum Gasteiger partial charge on any atom is -0.382 e. The Hall–Kier alpha value is -9.90. The summed E-state index contributed by atoms with van der Waals surface area (Å²) >= 11 is 0. The molecule has 13 rings (SSSR count). The Morgan fingerprint density at radius 3 is 1.54 bits per heavy atom. The van der Waals surface area contributed by atoms with Crippen molar-refractivity contribution in [3.05, 3.63) is 235 Å². The van der Waals surface area contributed by atoms with Gasteiger partial charge in [-0.25, -0.2) is 29.7 Å². The second-order valence-electron chi connectivity index (χ2n) is 23.0. The Morgan fingerprint density at radius 1 is 0.506 bits per heavy atom. The second-order valence-corrected chi connectivity index (χ2v) is 23.0. The largest absolute Gasteiger partial charge is 0.382 e. The number of aromatic amines is 3. The molecule has 87 heavy (non-hydrogen) atoms. The molecule has 8 aromatic rings. The summed E-state index contributed by atoms with van der Waals surface area (Å²) in [6.07, 6.45) is 11.7. The van der Waals surface area contributed by atoms with E-state index in [1.807, 2.05) is 60.9 Å². The molecule has 6 heterocycles. The van der Waals surface area contributed by atoms with Crippen LogP contribution in [0.15, 0.2) is 157 Å². The molecule has 17 heteroatoms. The van der Waals surface area contributed by atoms with E-state index in [1.165, 1.54) is 47.9 Å². The lowest BCUT2D eigenvalue weighted by molar-refractivity contribution is 0.615. The molecule has 0 amide bonds.